The number of ether oxygens (including phenoxy) is 2. The Labute approximate surface area is 157 Å². The predicted molar refractivity (Wildman–Crippen MR) is 102 cm³/mol. The average Bonchev–Trinajstić information content (AvgIpc) is 2.95. The summed E-state index contributed by atoms with van der Waals surface area (Å²) in [7, 11) is 1.54. The molecule has 7 heteroatoms. The minimum atomic E-state index is -0.456. The lowest BCUT2D eigenvalue weighted by Gasteiger charge is -2.33. The summed E-state index contributed by atoms with van der Waals surface area (Å²) in [4.78, 5) is 31.3. The van der Waals surface area contributed by atoms with Crippen molar-refractivity contribution in [2.24, 2.45) is 11.3 Å². The average molecular weight is 378 g/mol. The highest BCUT2D eigenvalue weighted by atomic mass is 32.1. The summed E-state index contributed by atoms with van der Waals surface area (Å²) in [6.07, 6.45) is 4.43. The highest BCUT2D eigenvalue weighted by Crippen LogP contribution is 2.41. The second-order valence-electron chi connectivity index (χ2n) is 7.88. The molecule has 0 saturated heterocycles. The lowest BCUT2D eigenvalue weighted by molar-refractivity contribution is -0.145. The van der Waals surface area contributed by atoms with Crippen molar-refractivity contribution in [3.63, 3.8) is 0 Å². The molecule has 0 aliphatic heterocycles. The first-order chi connectivity index (χ1) is 12.3. The minimum Gasteiger partial charge on any atom is -0.462 e. The number of methoxy groups -OCH3 is 1. The fourth-order valence-electron chi connectivity index (χ4n) is 3.48. The smallest absolute Gasteiger partial charge is 0.326 e. The summed E-state index contributed by atoms with van der Waals surface area (Å²) in [5.41, 5.74) is 1.24. The van der Waals surface area contributed by atoms with Gasteiger partial charge in [-0.25, -0.2) is 4.98 Å². The van der Waals surface area contributed by atoms with Gasteiger partial charge in [0.25, 0.3) is 5.56 Å². The van der Waals surface area contributed by atoms with Crippen LogP contribution >= 0.6 is 11.3 Å². The van der Waals surface area contributed by atoms with E-state index in [0.29, 0.717) is 17.9 Å². The molecule has 142 valence electrons. The van der Waals surface area contributed by atoms with Gasteiger partial charge in [-0.15, -0.1) is 11.3 Å². The van der Waals surface area contributed by atoms with Gasteiger partial charge in [0.1, 0.15) is 18.0 Å². The van der Waals surface area contributed by atoms with Crippen LogP contribution in [0.3, 0.4) is 0 Å². The number of carbonyl (C=O) groups is 1. The predicted octanol–water partition coefficient (Wildman–Crippen LogP) is 2.80. The molecule has 1 aliphatic rings. The molecule has 0 aromatic carbocycles. The lowest BCUT2D eigenvalue weighted by Crippen LogP contribution is -2.28. The van der Waals surface area contributed by atoms with E-state index in [1.165, 1.54) is 15.8 Å². The standard InChI is InChI=1S/C19H26N2O4S/c1-19(2,3)12-5-6-13-14(9-12)26-17-16(13)18(23)21(11-20-17)10-15(22)25-8-7-24-4/h11-12H,5-10H2,1-4H3. The Balaban J connectivity index is 1.86. The topological polar surface area (TPSA) is 70.4 Å². The van der Waals surface area contributed by atoms with Crippen LogP contribution in [0.15, 0.2) is 11.1 Å². The van der Waals surface area contributed by atoms with Crippen LogP contribution in [0.1, 0.15) is 37.6 Å². The van der Waals surface area contributed by atoms with E-state index in [0.717, 1.165) is 29.7 Å². The number of rotatable bonds is 5. The molecule has 0 bridgehead atoms. The highest BCUT2D eigenvalue weighted by Gasteiger charge is 2.31. The van der Waals surface area contributed by atoms with Crippen molar-refractivity contribution in [2.45, 2.75) is 46.6 Å². The zero-order valence-electron chi connectivity index (χ0n) is 15.8. The van der Waals surface area contributed by atoms with Crippen LogP contribution in [-0.2, 0) is 33.7 Å². The van der Waals surface area contributed by atoms with Crippen LogP contribution in [-0.4, -0.2) is 35.8 Å². The van der Waals surface area contributed by atoms with Gasteiger partial charge >= 0.3 is 5.97 Å². The molecule has 1 aliphatic carbocycles. The second kappa shape index (κ2) is 7.48. The molecule has 0 amide bonds. The maximum absolute atomic E-state index is 12.9. The first kappa shape index (κ1) is 19.0. The minimum absolute atomic E-state index is 0.124. The molecule has 1 atom stereocenters. The van der Waals surface area contributed by atoms with Crippen molar-refractivity contribution in [3.05, 3.63) is 27.1 Å². The SMILES string of the molecule is COCCOC(=O)Cn1cnc2sc3c(c2c1=O)CCC(C(C)(C)C)C3. The normalized spacial score (nSPS) is 17.3. The van der Waals surface area contributed by atoms with E-state index in [1.54, 1.807) is 18.4 Å². The Morgan fingerprint density at radius 3 is 2.85 bits per heavy atom. The molecule has 0 spiro atoms. The maximum Gasteiger partial charge on any atom is 0.326 e. The summed E-state index contributed by atoms with van der Waals surface area (Å²) in [5.74, 6) is 0.156. The second-order valence-corrected chi connectivity index (χ2v) is 8.96. The molecular weight excluding hydrogens is 352 g/mol. The Kier molecular flexibility index (Phi) is 5.48. The number of carbonyl (C=O) groups excluding carboxylic acids is 1. The molecule has 3 rings (SSSR count). The van der Waals surface area contributed by atoms with Crippen molar-refractivity contribution in [2.75, 3.05) is 20.3 Å². The fourth-order valence-corrected chi connectivity index (χ4v) is 4.73. The van der Waals surface area contributed by atoms with E-state index in [4.69, 9.17) is 9.47 Å². The van der Waals surface area contributed by atoms with Gasteiger partial charge < -0.3 is 9.47 Å². The van der Waals surface area contributed by atoms with Gasteiger partial charge in [-0.2, -0.15) is 0 Å². The zero-order valence-corrected chi connectivity index (χ0v) is 16.6. The van der Waals surface area contributed by atoms with Gasteiger partial charge in [0.15, 0.2) is 0 Å². The van der Waals surface area contributed by atoms with Crippen molar-refractivity contribution in [1.29, 1.82) is 0 Å². The third kappa shape index (κ3) is 3.83. The van der Waals surface area contributed by atoms with E-state index < -0.39 is 5.97 Å². The van der Waals surface area contributed by atoms with Gasteiger partial charge in [-0.3, -0.25) is 14.2 Å². The van der Waals surface area contributed by atoms with Crippen molar-refractivity contribution >= 4 is 27.5 Å². The monoisotopic (exact) mass is 378 g/mol. The van der Waals surface area contributed by atoms with Crippen LogP contribution in [0.4, 0.5) is 0 Å². The number of thiophene rings is 1. The zero-order chi connectivity index (χ0) is 18.9. The van der Waals surface area contributed by atoms with Crippen LogP contribution in [0, 0.1) is 11.3 Å². The van der Waals surface area contributed by atoms with Gasteiger partial charge in [0.2, 0.25) is 0 Å². The number of nitrogens with zero attached hydrogens (tertiary/aromatic N) is 2. The van der Waals surface area contributed by atoms with E-state index in [9.17, 15) is 9.59 Å². The van der Waals surface area contributed by atoms with Gasteiger partial charge in [0.05, 0.1) is 18.3 Å². The number of aryl methyl sites for hydroxylation is 1. The van der Waals surface area contributed by atoms with Crippen LogP contribution in [0.5, 0.6) is 0 Å². The van der Waals surface area contributed by atoms with E-state index in [2.05, 4.69) is 25.8 Å². The van der Waals surface area contributed by atoms with Gasteiger partial charge in [0, 0.05) is 12.0 Å². The molecule has 0 fully saturated rings. The van der Waals surface area contributed by atoms with Crippen molar-refractivity contribution < 1.29 is 14.3 Å². The van der Waals surface area contributed by atoms with Gasteiger partial charge in [-0.05, 0) is 36.2 Å². The maximum atomic E-state index is 12.9. The summed E-state index contributed by atoms with van der Waals surface area (Å²) < 4.78 is 11.2. The van der Waals surface area contributed by atoms with Gasteiger partial charge in [-0.1, -0.05) is 20.8 Å². The Morgan fingerprint density at radius 1 is 1.38 bits per heavy atom. The molecule has 1 unspecified atom stereocenters. The van der Waals surface area contributed by atoms with E-state index in [1.807, 2.05) is 0 Å². The number of hydrogen-bond donors (Lipinski definition) is 0. The van der Waals surface area contributed by atoms with Crippen LogP contribution < -0.4 is 5.56 Å². The number of esters is 1. The Bertz CT molecular complexity index is 863. The number of aromatic nitrogens is 2. The van der Waals surface area contributed by atoms with E-state index in [-0.39, 0.29) is 24.1 Å². The third-order valence-electron chi connectivity index (χ3n) is 5.11. The molecule has 2 heterocycles. The van der Waals surface area contributed by atoms with E-state index >= 15 is 0 Å². The van der Waals surface area contributed by atoms with Crippen LogP contribution in [0.2, 0.25) is 0 Å². The largest absolute Gasteiger partial charge is 0.462 e. The summed E-state index contributed by atoms with van der Waals surface area (Å²) in [6.45, 7) is 7.22. The summed E-state index contributed by atoms with van der Waals surface area (Å²) in [5, 5.41) is 0.685. The molecule has 0 saturated carbocycles. The Morgan fingerprint density at radius 2 is 2.15 bits per heavy atom. The van der Waals surface area contributed by atoms with Crippen LogP contribution in [0.25, 0.3) is 10.2 Å². The molecule has 2 aromatic heterocycles. The first-order valence-electron chi connectivity index (χ1n) is 8.95. The van der Waals surface area contributed by atoms with Crippen molar-refractivity contribution in [1.82, 2.24) is 9.55 Å². The third-order valence-corrected chi connectivity index (χ3v) is 6.27. The summed E-state index contributed by atoms with van der Waals surface area (Å²) >= 11 is 1.62. The molecule has 0 radical (unpaired) electrons. The molecule has 26 heavy (non-hydrogen) atoms. The quantitative estimate of drug-likeness (QED) is 0.591. The lowest BCUT2D eigenvalue weighted by atomic mass is 9.72. The molecule has 2 aromatic rings. The van der Waals surface area contributed by atoms with Crippen molar-refractivity contribution in [3.8, 4) is 0 Å². The summed E-state index contributed by atoms with van der Waals surface area (Å²) in [6, 6.07) is 0. The Hall–Kier alpha value is -1.73. The fraction of sp³-hybridized carbons (Fsp3) is 0.632. The molecule has 0 N–H and O–H groups in total. The number of hydrogen-bond acceptors (Lipinski definition) is 6. The highest BCUT2D eigenvalue weighted by molar-refractivity contribution is 7.18. The number of fused-ring (bicyclic) bond motifs is 3. The molecular formula is C19H26N2O4S. The first-order valence-corrected chi connectivity index (χ1v) is 9.77. The molecule has 6 nitrogen and oxygen atoms in total.